The first-order chi connectivity index (χ1) is 10.2. The minimum atomic E-state index is -0.355. The van der Waals surface area contributed by atoms with Crippen LogP contribution in [0.15, 0.2) is 35.4 Å². The van der Waals surface area contributed by atoms with Crippen LogP contribution in [0.4, 0.5) is 0 Å². The van der Waals surface area contributed by atoms with Crippen molar-refractivity contribution in [2.45, 2.75) is 19.4 Å². The van der Waals surface area contributed by atoms with Crippen molar-refractivity contribution >= 4 is 24.0 Å². The normalized spacial score (nSPS) is 21.1. The van der Waals surface area contributed by atoms with Gasteiger partial charge in [0.2, 0.25) is 0 Å². The Hall–Kier alpha value is -1.92. The van der Waals surface area contributed by atoms with Gasteiger partial charge in [0, 0.05) is 25.0 Å². The topological polar surface area (TPSA) is 75.5 Å². The van der Waals surface area contributed by atoms with E-state index in [1.807, 2.05) is 0 Å². The van der Waals surface area contributed by atoms with Gasteiger partial charge in [-0.1, -0.05) is 13.0 Å². The number of carbonyl (C=O) groups is 1. The second-order valence-corrected chi connectivity index (χ2v) is 5.46. The number of halogens is 1. The minimum absolute atomic E-state index is 0. The summed E-state index contributed by atoms with van der Waals surface area (Å²) in [6.07, 6.45) is 3.99. The molecule has 0 aliphatic carbocycles. The molecule has 2 aromatic rings. The molecule has 118 valence electrons. The number of carbonyl (C=O) groups excluding carboxylic acids is 1. The van der Waals surface area contributed by atoms with Crippen LogP contribution in [0.2, 0.25) is 0 Å². The number of rotatable bonds is 2. The minimum Gasteiger partial charge on any atom is -0.348 e. The standard InChI is InChI=1S/C15H18N4O2.ClH/c1-10-5-6-16-9-12(10)18-14(20)11-8-17-13-4-2-3-7-19(13)15(11)21;/h2-4,7-8,10,12,16H,5-6,9H2,1H3,(H,18,20);1H. The Morgan fingerprint density at radius 2 is 2.27 bits per heavy atom. The highest BCUT2D eigenvalue weighted by Crippen LogP contribution is 2.11. The second-order valence-electron chi connectivity index (χ2n) is 5.46. The van der Waals surface area contributed by atoms with E-state index in [0.29, 0.717) is 11.6 Å². The molecule has 1 aliphatic heterocycles. The van der Waals surface area contributed by atoms with Crippen LogP contribution >= 0.6 is 12.4 Å². The third kappa shape index (κ3) is 3.13. The Kier molecular flexibility index (Phi) is 5.15. The molecule has 22 heavy (non-hydrogen) atoms. The van der Waals surface area contributed by atoms with Crippen LogP contribution in [0.3, 0.4) is 0 Å². The first-order valence-electron chi connectivity index (χ1n) is 7.15. The lowest BCUT2D eigenvalue weighted by atomic mass is 9.94. The molecule has 1 fully saturated rings. The fourth-order valence-electron chi connectivity index (χ4n) is 2.61. The molecular formula is C15H19ClN4O2. The summed E-state index contributed by atoms with van der Waals surface area (Å²) < 4.78 is 1.39. The Morgan fingerprint density at radius 1 is 1.45 bits per heavy atom. The number of fused-ring (bicyclic) bond motifs is 1. The molecule has 2 atom stereocenters. The SMILES string of the molecule is CC1CCNCC1NC(=O)c1cnc2ccccn2c1=O.Cl. The lowest BCUT2D eigenvalue weighted by Gasteiger charge is -2.30. The van der Waals surface area contributed by atoms with E-state index >= 15 is 0 Å². The third-order valence-corrected chi connectivity index (χ3v) is 4.00. The Balaban J connectivity index is 0.00000176. The highest BCUT2D eigenvalue weighted by Gasteiger charge is 2.24. The lowest BCUT2D eigenvalue weighted by Crippen LogP contribution is -2.51. The molecule has 1 aliphatic rings. The van der Waals surface area contributed by atoms with Crippen molar-refractivity contribution < 1.29 is 4.79 Å². The molecule has 3 rings (SSSR count). The lowest BCUT2D eigenvalue weighted by molar-refractivity contribution is 0.0913. The van der Waals surface area contributed by atoms with Gasteiger partial charge in [-0.25, -0.2) is 4.98 Å². The number of nitrogens with one attached hydrogen (secondary N) is 2. The largest absolute Gasteiger partial charge is 0.348 e. The van der Waals surface area contributed by atoms with E-state index < -0.39 is 0 Å². The molecule has 0 saturated carbocycles. The van der Waals surface area contributed by atoms with Crippen LogP contribution in [0, 0.1) is 5.92 Å². The second kappa shape index (κ2) is 6.89. The molecule has 0 radical (unpaired) electrons. The molecule has 0 aromatic carbocycles. The van der Waals surface area contributed by atoms with Gasteiger partial charge in [0.15, 0.2) is 0 Å². The first-order valence-corrected chi connectivity index (χ1v) is 7.15. The number of hydrogen-bond donors (Lipinski definition) is 2. The average Bonchev–Trinajstić information content (AvgIpc) is 2.50. The van der Waals surface area contributed by atoms with Gasteiger partial charge in [0.1, 0.15) is 11.2 Å². The summed E-state index contributed by atoms with van der Waals surface area (Å²) in [5.41, 5.74) is 0.276. The zero-order valence-electron chi connectivity index (χ0n) is 12.3. The highest BCUT2D eigenvalue weighted by molar-refractivity contribution is 5.94. The Bertz CT molecular complexity index is 731. The molecule has 0 spiro atoms. The number of pyridine rings is 1. The fourth-order valence-corrected chi connectivity index (χ4v) is 2.61. The molecule has 1 amide bonds. The summed E-state index contributed by atoms with van der Waals surface area (Å²) in [5.74, 6) is 0.0395. The molecular weight excluding hydrogens is 304 g/mol. The van der Waals surface area contributed by atoms with Crippen LogP contribution in [-0.2, 0) is 0 Å². The maximum absolute atomic E-state index is 12.3. The maximum Gasteiger partial charge on any atom is 0.270 e. The summed E-state index contributed by atoms with van der Waals surface area (Å²) >= 11 is 0. The summed E-state index contributed by atoms with van der Waals surface area (Å²) in [5, 5.41) is 6.19. The zero-order chi connectivity index (χ0) is 14.8. The van der Waals surface area contributed by atoms with Gasteiger partial charge in [0.05, 0.1) is 0 Å². The van der Waals surface area contributed by atoms with E-state index in [2.05, 4.69) is 22.5 Å². The highest BCUT2D eigenvalue weighted by atomic mass is 35.5. The van der Waals surface area contributed by atoms with Crippen molar-refractivity contribution in [2.75, 3.05) is 13.1 Å². The van der Waals surface area contributed by atoms with Gasteiger partial charge in [-0.15, -0.1) is 12.4 Å². The molecule has 2 unspecified atom stereocenters. The van der Waals surface area contributed by atoms with Gasteiger partial charge in [-0.05, 0) is 31.0 Å². The van der Waals surface area contributed by atoms with Crippen molar-refractivity contribution in [3.05, 3.63) is 46.5 Å². The molecule has 3 heterocycles. The van der Waals surface area contributed by atoms with Crippen LogP contribution < -0.4 is 16.2 Å². The summed E-state index contributed by atoms with van der Waals surface area (Å²) in [6.45, 7) is 3.81. The predicted molar refractivity (Wildman–Crippen MR) is 86.6 cm³/mol. The van der Waals surface area contributed by atoms with Crippen molar-refractivity contribution in [3.63, 3.8) is 0 Å². The van der Waals surface area contributed by atoms with E-state index in [4.69, 9.17) is 0 Å². The number of piperidine rings is 1. The first kappa shape index (κ1) is 16.5. The van der Waals surface area contributed by atoms with Crippen LogP contribution in [0.25, 0.3) is 5.65 Å². The van der Waals surface area contributed by atoms with E-state index in [9.17, 15) is 9.59 Å². The molecule has 2 aromatic heterocycles. The molecule has 1 saturated heterocycles. The molecule has 6 nitrogen and oxygen atoms in total. The maximum atomic E-state index is 12.3. The number of nitrogens with zero attached hydrogens (tertiary/aromatic N) is 2. The van der Waals surface area contributed by atoms with Crippen molar-refractivity contribution in [3.8, 4) is 0 Å². The van der Waals surface area contributed by atoms with Crippen LogP contribution in [0.1, 0.15) is 23.7 Å². The fraction of sp³-hybridized carbons (Fsp3) is 0.400. The van der Waals surface area contributed by atoms with Crippen LogP contribution in [-0.4, -0.2) is 34.4 Å². The summed E-state index contributed by atoms with van der Waals surface area (Å²) in [7, 11) is 0. The van der Waals surface area contributed by atoms with E-state index in [1.165, 1.54) is 10.6 Å². The number of amides is 1. The molecule has 0 bridgehead atoms. The van der Waals surface area contributed by atoms with Gasteiger partial charge >= 0.3 is 0 Å². The zero-order valence-corrected chi connectivity index (χ0v) is 13.1. The van der Waals surface area contributed by atoms with Crippen molar-refractivity contribution in [2.24, 2.45) is 5.92 Å². The molecule has 2 N–H and O–H groups in total. The van der Waals surface area contributed by atoms with E-state index in [1.54, 1.807) is 24.4 Å². The third-order valence-electron chi connectivity index (χ3n) is 4.00. The van der Waals surface area contributed by atoms with Crippen LogP contribution in [0.5, 0.6) is 0 Å². The van der Waals surface area contributed by atoms with Crippen molar-refractivity contribution in [1.29, 1.82) is 0 Å². The molecule has 7 heteroatoms. The number of hydrogen-bond acceptors (Lipinski definition) is 4. The van der Waals surface area contributed by atoms with Gasteiger partial charge in [0.25, 0.3) is 11.5 Å². The smallest absolute Gasteiger partial charge is 0.270 e. The van der Waals surface area contributed by atoms with E-state index in [0.717, 1.165) is 19.5 Å². The van der Waals surface area contributed by atoms with Gasteiger partial charge < -0.3 is 10.6 Å². The predicted octanol–water partition coefficient (Wildman–Crippen LogP) is 0.844. The quantitative estimate of drug-likeness (QED) is 0.859. The number of aromatic nitrogens is 2. The van der Waals surface area contributed by atoms with Gasteiger partial charge in [-0.2, -0.15) is 0 Å². The Morgan fingerprint density at radius 3 is 3.05 bits per heavy atom. The van der Waals surface area contributed by atoms with Gasteiger partial charge in [-0.3, -0.25) is 14.0 Å². The van der Waals surface area contributed by atoms with E-state index in [-0.39, 0.29) is 35.5 Å². The van der Waals surface area contributed by atoms with Crippen molar-refractivity contribution in [1.82, 2.24) is 20.0 Å². The summed E-state index contributed by atoms with van der Waals surface area (Å²) in [6, 6.07) is 5.32. The monoisotopic (exact) mass is 322 g/mol. The summed E-state index contributed by atoms with van der Waals surface area (Å²) in [4.78, 5) is 28.8. The Labute approximate surface area is 134 Å². The average molecular weight is 323 g/mol.